The predicted molar refractivity (Wildman–Crippen MR) is 389 cm³/mol. The molecule has 1 unspecified atom stereocenters. The van der Waals surface area contributed by atoms with Crippen LogP contribution in [-0.4, -0.2) is 159 Å². The maximum Gasteiger partial charge on any atom is 0.416 e. The van der Waals surface area contributed by atoms with Gasteiger partial charge in [0, 0.05) is 75.1 Å². The number of rotatable bonds is 29. The molecule has 5 heterocycles. The third-order valence-electron chi connectivity index (χ3n) is 21.4. The summed E-state index contributed by atoms with van der Waals surface area (Å²) < 4.78 is 36.7. The summed E-state index contributed by atoms with van der Waals surface area (Å²) in [6, 6.07) is 12.9. The van der Waals surface area contributed by atoms with Gasteiger partial charge >= 0.3 is 13.5 Å². The van der Waals surface area contributed by atoms with Crippen LogP contribution in [0.15, 0.2) is 77.3 Å². The molecule has 544 valence electrons. The number of benzene rings is 3. The Morgan fingerprint density at radius 2 is 1.36 bits per heavy atom. The minimum Gasteiger partial charge on any atom is -0.493 e. The number of hydrogen-bond donors (Lipinski definition) is 3. The van der Waals surface area contributed by atoms with E-state index in [2.05, 4.69) is 50.9 Å². The first kappa shape index (κ1) is 76.5. The average Bonchev–Trinajstić information content (AvgIpc) is 1.59. The predicted octanol–water partition coefficient (Wildman–Crippen LogP) is 13.2. The van der Waals surface area contributed by atoms with E-state index >= 15 is 0 Å². The summed E-state index contributed by atoms with van der Waals surface area (Å²) in [5, 5.41) is 18.3. The molecule has 6 aliphatic rings. The van der Waals surface area contributed by atoms with E-state index in [-0.39, 0.29) is 134 Å². The molecule has 4 fully saturated rings. The van der Waals surface area contributed by atoms with Crippen LogP contribution in [0.25, 0.3) is 0 Å². The van der Waals surface area contributed by atoms with Crippen LogP contribution in [-0.2, 0) is 35.3 Å². The number of aliphatic imine (C=N–C) groups is 1. The van der Waals surface area contributed by atoms with Crippen molar-refractivity contribution >= 4 is 72.0 Å². The summed E-state index contributed by atoms with van der Waals surface area (Å²) in [4.78, 5) is 106. The van der Waals surface area contributed by atoms with Gasteiger partial charge in [0.1, 0.15) is 12.3 Å². The van der Waals surface area contributed by atoms with E-state index in [0.717, 1.165) is 55.4 Å². The van der Waals surface area contributed by atoms with Crippen LogP contribution in [0.5, 0.6) is 23.0 Å². The Morgan fingerprint density at radius 3 is 2.03 bits per heavy atom. The quantitative estimate of drug-likeness (QED) is 0.0332. The number of likely N-dealkylation sites (tertiary alicyclic amines) is 1. The number of imide groups is 1. The van der Waals surface area contributed by atoms with Crippen molar-refractivity contribution < 1.29 is 67.1 Å². The van der Waals surface area contributed by atoms with Crippen molar-refractivity contribution in [1.82, 2.24) is 20.0 Å². The van der Waals surface area contributed by atoms with Gasteiger partial charge in [-0.25, -0.2) is 9.69 Å². The van der Waals surface area contributed by atoms with Crippen molar-refractivity contribution in [2.75, 3.05) is 70.3 Å². The molecule has 3 N–H and O–H groups in total. The van der Waals surface area contributed by atoms with Gasteiger partial charge in [0.05, 0.1) is 73.5 Å². The summed E-state index contributed by atoms with van der Waals surface area (Å²) >= 11 is 0. The van der Waals surface area contributed by atoms with Gasteiger partial charge in [-0.3, -0.25) is 33.9 Å². The Kier molecular flexibility index (Phi) is 25.9. The summed E-state index contributed by atoms with van der Waals surface area (Å²) in [5.41, 5.74) is 2.75. The van der Waals surface area contributed by atoms with Crippen LogP contribution in [0, 0.1) is 28.1 Å². The van der Waals surface area contributed by atoms with Crippen LogP contribution < -0.4 is 34.4 Å². The number of aliphatic hydroxyl groups is 1. The fraction of sp³-hybridized carbons (Fsp3) is 0.615. The normalized spacial score (nSPS) is 20.8. The summed E-state index contributed by atoms with van der Waals surface area (Å²) in [6.07, 6.45) is 19.0. The molecule has 1 saturated carbocycles. The van der Waals surface area contributed by atoms with Crippen LogP contribution >= 0.6 is 0 Å². The van der Waals surface area contributed by atoms with E-state index in [1.807, 2.05) is 45.7 Å². The largest absolute Gasteiger partial charge is 0.493 e. The van der Waals surface area contributed by atoms with Gasteiger partial charge in [0.25, 0.3) is 11.8 Å². The zero-order chi connectivity index (χ0) is 72.1. The molecule has 6 amide bonds. The number of nitrogens with one attached hydrogen (secondary N) is 2. The second-order valence-corrected chi connectivity index (χ2v) is 31.3. The molecule has 0 radical (unpaired) electrons. The van der Waals surface area contributed by atoms with Gasteiger partial charge in [0.2, 0.25) is 17.7 Å². The van der Waals surface area contributed by atoms with Crippen molar-refractivity contribution in [2.45, 2.75) is 221 Å². The van der Waals surface area contributed by atoms with E-state index in [9.17, 15) is 38.7 Å². The number of carbonyl (C=O) groups excluding carboxylic acids is 7. The van der Waals surface area contributed by atoms with Crippen molar-refractivity contribution in [2.24, 2.45) is 33.1 Å². The second-order valence-electron chi connectivity index (χ2n) is 31.3. The SMILES string of the molecule is C=C1C[C@H]2[C@H](O)N(C(=O)OCc3ccc(NBC(=O)C(C)(C)CCOC(C)(C)CCNC(=O)CCN4C(=O)CC(C5CCCCCCCCCCC5)C4=O)cc3)c3cc(OCCC(C)(C)CCC(C)(C)COc4cc5c(cc4OC)C(=O)N4C/C(=C/C)C[C@H]4C=N5)c(OC)cc3C(=O)N2C1. The lowest BCUT2D eigenvalue weighted by molar-refractivity contribution is -0.140. The molecular formula is C78H110BN7O14. The molecule has 0 spiro atoms. The topological polar surface area (TPSA) is 244 Å². The lowest BCUT2D eigenvalue weighted by Gasteiger charge is -2.32. The van der Waals surface area contributed by atoms with Gasteiger partial charge in [0.15, 0.2) is 29.2 Å². The second kappa shape index (κ2) is 33.8. The van der Waals surface area contributed by atoms with Gasteiger partial charge in [-0.1, -0.05) is 135 Å². The first-order valence-corrected chi connectivity index (χ1v) is 36.5. The Bertz CT molecular complexity index is 3500. The Hall–Kier alpha value is -7.72. The molecule has 1 aliphatic carbocycles. The number of anilines is 2. The van der Waals surface area contributed by atoms with Gasteiger partial charge in [-0.2, -0.15) is 0 Å². The third kappa shape index (κ3) is 19.7. The maximum absolute atomic E-state index is 14.4. The monoisotopic (exact) mass is 1380 g/mol. The van der Waals surface area contributed by atoms with E-state index in [0.29, 0.717) is 79.6 Å². The van der Waals surface area contributed by atoms with Crippen LogP contribution in [0.4, 0.5) is 21.9 Å². The molecule has 100 heavy (non-hydrogen) atoms. The van der Waals surface area contributed by atoms with Gasteiger partial charge < -0.3 is 58.7 Å². The number of allylic oxidation sites excluding steroid dienone is 1. The highest BCUT2D eigenvalue weighted by atomic mass is 16.6. The van der Waals surface area contributed by atoms with Crippen LogP contribution in [0.1, 0.15) is 217 Å². The molecule has 21 nitrogen and oxygen atoms in total. The highest BCUT2D eigenvalue weighted by Crippen LogP contribution is 2.45. The minimum absolute atomic E-state index is 0.0182. The number of carbonyl (C=O) groups is 7. The highest BCUT2D eigenvalue weighted by molar-refractivity contribution is 6.77. The Morgan fingerprint density at radius 1 is 0.720 bits per heavy atom. The van der Waals surface area contributed by atoms with Crippen LogP contribution in [0.2, 0.25) is 0 Å². The fourth-order valence-electron chi connectivity index (χ4n) is 14.4. The summed E-state index contributed by atoms with van der Waals surface area (Å²) in [5.74, 6) is 0.527. The van der Waals surface area contributed by atoms with Crippen LogP contribution in [0.3, 0.4) is 0 Å². The number of aliphatic hydroxyl groups excluding tert-OH is 1. The van der Waals surface area contributed by atoms with E-state index in [4.69, 9.17) is 33.4 Å². The molecular weight excluding hydrogens is 1270 g/mol. The highest BCUT2D eigenvalue weighted by Gasteiger charge is 2.47. The average molecular weight is 1380 g/mol. The Labute approximate surface area is 593 Å². The maximum atomic E-state index is 14.4. The lowest BCUT2D eigenvalue weighted by atomic mass is 9.69. The van der Waals surface area contributed by atoms with E-state index < -0.39 is 35.3 Å². The van der Waals surface area contributed by atoms with E-state index in [1.165, 1.54) is 67.4 Å². The summed E-state index contributed by atoms with van der Waals surface area (Å²) in [6.45, 7) is 24.5. The first-order valence-electron chi connectivity index (χ1n) is 36.5. The molecule has 3 aromatic rings. The molecule has 3 saturated heterocycles. The number of hydrogen-bond acceptors (Lipinski definition) is 16. The molecule has 3 aromatic carbocycles. The fourth-order valence-corrected chi connectivity index (χ4v) is 14.4. The first-order chi connectivity index (χ1) is 47.6. The number of methoxy groups -OCH3 is 2. The smallest absolute Gasteiger partial charge is 0.416 e. The third-order valence-corrected chi connectivity index (χ3v) is 21.4. The lowest BCUT2D eigenvalue weighted by Crippen LogP contribution is -2.50. The van der Waals surface area contributed by atoms with Crippen molar-refractivity contribution in [3.63, 3.8) is 0 Å². The summed E-state index contributed by atoms with van der Waals surface area (Å²) in [7, 11) is 3.11. The van der Waals surface area contributed by atoms with Gasteiger partial charge in [-0.15, -0.1) is 0 Å². The number of nitrogens with zero attached hydrogens (tertiary/aromatic N) is 5. The number of fused-ring (bicyclic) bond motifs is 4. The minimum atomic E-state index is -1.49. The number of ether oxygens (including phenoxy) is 6. The molecule has 4 atom stereocenters. The van der Waals surface area contributed by atoms with E-state index in [1.54, 1.807) is 55.6 Å². The molecule has 9 rings (SSSR count). The van der Waals surface area contributed by atoms with Crippen molar-refractivity contribution in [3.05, 3.63) is 89.0 Å². The molecule has 5 aliphatic heterocycles. The van der Waals surface area contributed by atoms with Crippen molar-refractivity contribution in [1.29, 1.82) is 0 Å². The standard InChI is InChI=1S/C78H110BN7O14/c1-13-52-40-56-46-81-60-44-65(63(95-11)41-58(60)70(90)84(56)48-52)99-50-76(5,6)31-30-75(3,4)33-37-97-66-45-61-59(42-64(66)96-12)71(91)85-47-51(2)39-62(85)72(92)86(61)74(94)98-49-53-25-27-55(28-26-53)82-79-73(93)77(7,8)34-38-100-78(9,10)32-35-80-67(87)29-36-83-68(88)43-57(69(83)89)54-23-21-19-17-15-14-16-18-20-22-24-54/h13,25-28,41-42,44-46,54,56-57,62,72,79,82,92H,2,14-24,29-40,43,47-50H2,1,3-12H3,(H,80,87)/b52-13+/t56-,57?,62-,72-/m0/s1. The Balaban J connectivity index is 0.719. The van der Waals surface area contributed by atoms with Crippen molar-refractivity contribution in [3.8, 4) is 23.0 Å². The molecule has 0 aromatic heterocycles. The molecule has 0 bridgehead atoms. The zero-order valence-corrected chi connectivity index (χ0v) is 61.4. The number of amides is 6. The van der Waals surface area contributed by atoms with Gasteiger partial charge in [-0.05, 0) is 125 Å². The molecule has 22 heteroatoms. The zero-order valence-electron chi connectivity index (χ0n) is 61.4.